The number of piperidine rings is 1. The first-order valence-corrected chi connectivity index (χ1v) is 9.76. The number of nitrogens with zero attached hydrogens (tertiary/aromatic N) is 1. The van der Waals surface area contributed by atoms with Crippen LogP contribution in [0.15, 0.2) is 0 Å². The van der Waals surface area contributed by atoms with Gasteiger partial charge in [0.2, 0.25) is 0 Å². The lowest BCUT2D eigenvalue weighted by molar-refractivity contribution is -0.286. The third kappa shape index (κ3) is 4.04. The van der Waals surface area contributed by atoms with Crippen molar-refractivity contribution < 1.29 is 15.1 Å². The highest BCUT2D eigenvalue weighted by atomic mass is 79.9. The van der Waals surface area contributed by atoms with Crippen LogP contribution in [0.5, 0.6) is 0 Å². The Bertz CT molecular complexity index is 319. The number of hydroxylamine groups is 2. The fourth-order valence-corrected chi connectivity index (χ4v) is 3.89. The Labute approximate surface area is 144 Å². The highest BCUT2D eigenvalue weighted by Gasteiger charge is 2.51. The minimum Gasteiger partial charge on any atom is -0.387 e. The zero-order chi connectivity index (χ0) is 17.0. The molecule has 0 aromatic rings. The maximum Gasteiger partial charge on any atom is 0.0948 e. The van der Waals surface area contributed by atoms with Crippen molar-refractivity contribution in [1.29, 1.82) is 0 Å². The molecule has 22 heavy (non-hydrogen) atoms. The summed E-state index contributed by atoms with van der Waals surface area (Å²) in [6.45, 7) is 10.7. The van der Waals surface area contributed by atoms with Gasteiger partial charge >= 0.3 is 0 Å². The van der Waals surface area contributed by atoms with E-state index < -0.39 is 5.60 Å². The monoisotopic (exact) mass is 379 g/mol. The molecule has 0 aliphatic carbocycles. The van der Waals surface area contributed by atoms with E-state index in [-0.39, 0.29) is 17.2 Å². The molecule has 1 saturated heterocycles. The van der Waals surface area contributed by atoms with Crippen LogP contribution in [-0.2, 0) is 4.74 Å². The lowest BCUT2D eigenvalue weighted by atomic mass is 9.72. The molecule has 0 spiro atoms. The van der Waals surface area contributed by atoms with Crippen LogP contribution in [0.3, 0.4) is 0 Å². The van der Waals surface area contributed by atoms with Gasteiger partial charge in [-0.15, -0.1) is 0 Å². The molecular formula is C17H34BrNO3. The van der Waals surface area contributed by atoms with Gasteiger partial charge in [-0.05, 0) is 45.4 Å². The predicted octanol–water partition coefficient (Wildman–Crippen LogP) is 4.12. The van der Waals surface area contributed by atoms with Crippen molar-refractivity contribution >= 4 is 15.9 Å². The molecule has 1 unspecified atom stereocenters. The molecule has 1 rings (SSSR count). The van der Waals surface area contributed by atoms with E-state index in [0.717, 1.165) is 38.5 Å². The molecule has 4 nitrogen and oxygen atoms in total. The summed E-state index contributed by atoms with van der Waals surface area (Å²) in [6, 6.07) is 0. The number of alkyl halides is 1. The summed E-state index contributed by atoms with van der Waals surface area (Å²) in [4.78, 5) is 0. The van der Waals surface area contributed by atoms with Crippen molar-refractivity contribution in [2.24, 2.45) is 0 Å². The van der Waals surface area contributed by atoms with Gasteiger partial charge in [-0.25, -0.2) is 0 Å². The molecule has 1 fully saturated rings. The van der Waals surface area contributed by atoms with E-state index in [1.54, 1.807) is 12.0 Å². The van der Waals surface area contributed by atoms with Crippen LogP contribution in [0.1, 0.15) is 73.1 Å². The summed E-state index contributed by atoms with van der Waals surface area (Å²) in [5.41, 5.74) is -1.30. The zero-order valence-corrected chi connectivity index (χ0v) is 16.4. The Balaban J connectivity index is 2.97. The number of hydrogen-bond acceptors (Lipinski definition) is 4. The first-order chi connectivity index (χ1) is 10.2. The second kappa shape index (κ2) is 7.93. The lowest BCUT2D eigenvalue weighted by Crippen LogP contribution is -2.65. The van der Waals surface area contributed by atoms with E-state index in [2.05, 4.69) is 43.6 Å². The quantitative estimate of drug-likeness (QED) is 0.622. The molecule has 0 aromatic heterocycles. The topological polar surface area (TPSA) is 52.9 Å². The Hall–Kier alpha value is 0.320. The van der Waals surface area contributed by atoms with E-state index in [9.17, 15) is 10.3 Å². The Morgan fingerprint density at radius 3 is 1.82 bits per heavy atom. The van der Waals surface area contributed by atoms with Crippen molar-refractivity contribution in [1.82, 2.24) is 5.06 Å². The number of halogens is 1. The summed E-state index contributed by atoms with van der Waals surface area (Å²) in [7, 11) is 0. The van der Waals surface area contributed by atoms with E-state index >= 15 is 0 Å². The van der Waals surface area contributed by atoms with E-state index in [4.69, 9.17) is 4.74 Å². The van der Waals surface area contributed by atoms with Crippen molar-refractivity contribution in [2.45, 2.75) is 95.9 Å². The summed E-state index contributed by atoms with van der Waals surface area (Å²) in [5.74, 6) is 0. The van der Waals surface area contributed by atoms with Gasteiger partial charge in [-0.2, -0.15) is 5.06 Å². The third-order valence-electron chi connectivity index (χ3n) is 5.66. The largest absolute Gasteiger partial charge is 0.387 e. The van der Waals surface area contributed by atoms with Crippen molar-refractivity contribution in [3.63, 3.8) is 0 Å². The molecule has 1 aliphatic heterocycles. The maximum absolute atomic E-state index is 10.9. The van der Waals surface area contributed by atoms with Crippen molar-refractivity contribution in [3.05, 3.63) is 0 Å². The van der Waals surface area contributed by atoms with E-state index in [1.807, 2.05) is 0 Å². The van der Waals surface area contributed by atoms with Crippen LogP contribution >= 0.6 is 15.9 Å². The van der Waals surface area contributed by atoms with Crippen LogP contribution in [0.2, 0.25) is 0 Å². The second-order valence-electron chi connectivity index (χ2n) is 7.15. The standard InChI is InChI=1S/C17H34BrNO3/c1-6-16(7-2)10-14(22-13-15(5,20)12-18)11-17(8-3,9-4)19(16)21/h14,20-21H,6-13H2,1-5H3. The third-order valence-corrected chi connectivity index (χ3v) is 6.87. The highest BCUT2D eigenvalue weighted by molar-refractivity contribution is 9.09. The minimum absolute atomic E-state index is 0.0775. The van der Waals surface area contributed by atoms with Gasteiger partial charge in [0.15, 0.2) is 0 Å². The molecule has 1 aliphatic rings. The van der Waals surface area contributed by atoms with Gasteiger partial charge in [0.25, 0.3) is 0 Å². The summed E-state index contributed by atoms with van der Waals surface area (Å²) < 4.78 is 6.09. The molecule has 0 saturated carbocycles. The van der Waals surface area contributed by atoms with Gasteiger partial charge in [0.05, 0.1) is 18.3 Å². The van der Waals surface area contributed by atoms with Crippen molar-refractivity contribution in [2.75, 3.05) is 11.9 Å². The number of hydrogen-bond donors (Lipinski definition) is 2. The summed E-state index contributed by atoms with van der Waals surface area (Å²) >= 11 is 3.33. The molecule has 1 atom stereocenters. The Kier molecular flexibility index (Phi) is 7.34. The van der Waals surface area contributed by atoms with Gasteiger partial charge < -0.3 is 15.1 Å². The van der Waals surface area contributed by atoms with Crippen LogP contribution in [0.25, 0.3) is 0 Å². The molecule has 1 heterocycles. The van der Waals surface area contributed by atoms with E-state index in [1.165, 1.54) is 0 Å². The van der Waals surface area contributed by atoms with Crippen LogP contribution in [0, 0.1) is 0 Å². The van der Waals surface area contributed by atoms with E-state index in [0.29, 0.717) is 11.9 Å². The van der Waals surface area contributed by atoms with Gasteiger partial charge in [0, 0.05) is 16.4 Å². The Morgan fingerprint density at radius 1 is 1.09 bits per heavy atom. The average Bonchev–Trinajstić information content (AvgIpc) is 2.54. The fraction of sp³-hybridized carbons (Fsp3) is 1.00. The molecule has 0 bridgehead atoms. The molecule has 5 heteroatoms. The van der Waals surface area contributed by atoms with Crippen LogP contribution in [0.4, 0.5) is 0 Å². The first-order valence-electron chi connectivity index (χ1n) is 8.64. The highest BCUT2D eigenvalue weighted by Crippen LogP contribution is 2.45. The zero-order valence-electron chi connectivity index (χ0n) is 14.9. The predicted molar refractivity (Wildman–Crippen MR) is 93.6 cm³/mol. The first kappa shape index (κ1) is 20.4. The number of aliphatic hydroxyl groups is 1. The minimum atomic E-state index is -0.849. The second-order valence-corrected chi connectivity index (χ2v) is 7.71. The SMILES string of the molecule is CCC1(CC)CC(OCC(C)(O)CBr)CC(CC)(CC)N1O. The lowest BCUT2D eigenvalue weighted by Gasteiger charge is -2.56. The summed E-state index contributed by atoms with van der Waals surface area (Å²) in [5, 5.41) is 23.3. The molecular weight excluding hydrogens is 346 g/mol. The molecule has 0 amide bonds. The molecule has 2 N–H and O–H groups in total. The summed E-state index contributed by atoms with van der Waals surface area (Å²) in [6.07, 6.45) is 5.31. The number of ether oxygens (including phenoxy) is 1. The Morgan fingerprint density at radius 2 is 1.50 bits per heavy atom. The number of rotatable bonds is 8. The smallest absolute Gasteiger partial charge is 0.0948 e. The normalized spacial score (nSPS) is 25.1. The fourth-order valence-electron chi connectivity index (χ4n) is 3.73. The maximum atomic E-state index is 10.9. The van der Waals surface area contributed by atoms with Gasteiger partial charge in [-0.1, -0.05) is 43.6 Å². The van der Waals surface area contributed by atoms with Gasteiger partial charge in [-0.3, -0.25) is 0 Å². The average molecular weight is 380 g/mol. The van der Waals surface area contributed by atoms with Gasteiger partial charge in [0.1, 0.15) is 0 Å². The van der Waals surface area contributed by atoms with Crippen molar-refractivity contribution in [3.8, 4) is 0 Å². The van der Waals surface area contributed by atoms with Crippen LogP contribution < -0.4 is 0 Å². The molecule has 0 aromatic carbocycles. The molecule has 0 radical (unpaired) electrons. The molecule has 132 valence electrons. The van der Waals surface area contributed by atoms with Crippen LogP contribution in [-0.4, -0.2) is 50.1 Å².